The molecule has 18 heavy (non-hydrogen) atoms. The summed E-state index contributed by atoms with van der Waals surface area (Å²) in [4.78, 5) is 3.89. The molecule has 5 nitrogen and oxygen atoms in total. The van der Waals surface area contributed by atoms with E-state index in [0.717, 1.165) is 35.8 Å². The third-order valence-electron chi connectivity index (χ3n) is 2.94. The van der Waals surface area contributed by atoms with Crippen molar-refractivity contribution in [1.82, 2.24) is 5.43 Å². The maximum Gasteiger partial charge on any atom is 0.148 e. The van der Waals surface area contributed by atoms with E-state index in [1.807, 2.05) is 26.0 Å². The van der Waals surface area contributed by atoms with E-state index in [0.29, 0.717) is 6.54 Å². The van der Waals surface area contributed by atoms with E-state index in [2.05, 4.69) is 27.9 Å². The summed E-state index contributed by atoms with van der Waals surface area (Å²) in [7, 11) is 0. The number of benzene rings is 1. The maximum absolute atomic E-state index is 5.96. The van der Waals surface area contributed by atoms with E-state index >= 15 is 0 Å². The molecule has 1 aliphatic rings. The zero-order chi connectivity index (χ0) is 13.0. The fraction of sp³-hybridized carbons (Fsp3) is 0.462. The standard InChI is InChI=1S/C13H20N4O/c1-4-16-17-11-5-6-12-13(9(11)2)18-10(7-14-3)8-15-12/h5-6,10,15-17H,3-4,7-8H2,1-2H3. The van der Waals surface area contributed by atoms with Crippen LogP contribution in [0.5, 0.6) is 5.75 Å². The Labute approximate surface area is 108 Å². The van der Waals surface area contributed by atoms with Gasteiger partial charge >= 0.3 is 0 Å². The molecule has 0 aliphatic carbocycles. The lowest BCUT2D eigenvalue weighted by Crippen LogP contribution is -2.33. The molecule has 5 heteroatoms. The van der Waals surface area contributed by atoms with Crippen LogP contribution in [0.1, 0.15) is 12.5 Å². The highest BCUT2D eigenvalue weighted by Gasteiger charge is 2.21. The Morgan fingerprint density at radius 1 is 1.56 bits per heavy atom. The summed E-state index contributed by atoms with van der Waals surface area (Å²) in [5.41, 5.74) is 9.42. The second kappa shape index (κ2) is 5.73. The topological polar surface area (TPSA) is 57.7 Å². The van der Waals surface area contributed by atoms with Gasteiger partial charge in [-0.15, -0.1) is 0 Å². The quantitative estimate of drug-likeness (QED) is 0.549. The fourth-order valence-electron chi connectivity index (χ4n) is 1.98. The van der Waals surface area contributed by atoms with E-state index in [4.69, 9.17) is 4.74 Å². The second-order valence-corrected chi connectivity index (χ2v) is 4.30. The molecule has 1 aromatic carbocycles. The van der Waals surface area contributed by atoms with Crippen LogP contribution in [-0.4, -0.2) is 32.5 Å². The molecule has 1 unspecified atom stereocenters. The highest BCUT2D eigenvalue weighted by atomic mass is 16.5. The van der Waals surface area contributed by atoms with Gasteiger partial charge < -0.3 is 15.5 Å². The number of fused-ring (bicyclic) bond motifs is 1. The smallest absolute Gasteiger partial charge is 0.148 e. The van der Waals surface area contributed by atoms with Crippen LogP contribution in [0, 0.1) is 6.92 Å². The lowest BCUT2D eigenvalue weighted by molar-refractivity contribution is 0.213. The Bertz CT molecular complexity index is 433. The molecular formula is C13H20N4O. The summed E-state index contributed by atoms with van der Waals surface area (Å²) in [5, 5.41) is 3.36. The second-order valence-electron chi connectivity index (χ2n) is 4.30. The molecule has 0 spiro atoms. The zero-order valence-electron chi connectivity index (χ0n) is 10.9. The van der Waals surface area contributed by atoms with Crippen LogP contribution in [0.25, 0.3) is 0 Å². The lowest BCUT2D eigenvalue weighted by Gasteiger charge is -2.28. The van der Waals surface area contributed by atoms with Crippen molar-refractivity contribution in [3.63, 3.8) is 0 Å². The Morgan fingerprint density at radius 3 is 3.11 bits per heavy atom. The van der Waals surface area contributed by atoms with Crippen molar-refractivity contribution < 1.29 is 4.74 Å². The van der Waals surface area contributed by atoms with Crippen LogP contribution >= 0.6 is 0 Å². The highest BCUT2D eigenvalue weighted by Crippen LogP contribution is 2.36. The molecule has 1 aliphatic heterocycles. The minimum Gasteiger partial charge on any atom is -0.484 e. The molecule has 0 saturated heterocycles. The number of rotatable bonds is 5. The summed E-state index contributed by atoms with van der Waals surface area (Å²) in [6.45, 7) is 9.84. The van der Waals surface area contributed by atoms with Crippen molar-refractivity contribution in [3.05, 3.63) is 17.7 Å². The third kappa shape index (κ3) is 2.56. The minimum absolute atomic E-state index is 0.0584. The van der Waals surface area contributed by atoms with Gasteiger partial charge in [0.05, 0.1) is 24.5 Å². The van der Waals surface area contributed by atoms with Crippen molar-refractivity contribution >= 4 is 18.1 Å². The van der Waals surface area contributed by atoms with E-state index in [9.17, 15) is 0 Å². The Kier molecular flexibility index (Phi) is 4.04. The van der Waals surface area contributed by atoms with Crippen LogP contribution in [0.3, 0.4) is 0 Å². The largest absolute Gasteiger partial charge is 0.484 e. The third-order valence-corrected chi connectivity index (χ3v) is 2.94. The average Bonchev–Trinajstić information content (AvgIpc) is 2.39. The van der Waals surface area contributed by atoms with Crippen molar-refractivity contribution in [3.8, 4) is 5.75 Å². The number of hydrogen-bond acceptors (Lipinski definition) is 5. The number of ether oxygens (including phenoxy) is 1. The predicted octanol–water partition coefficient (Wildman–Crippen LogP) is 1.80. The van der Waals surface area contributed by atoms with Crippen LogP contribution in [0.2, 0.25) is 0 Å². The van der Waals surface area contributed by atoms with Gasteiger partial charge in [-0.25, -0.2) is 5.43 Å². The molecule has 1 atom stereocenters. The van der Waals surface area contributed by atoms with E-state index in [-0.39, 0.29) is 6.10 Å². The lowest BCUT2D eigenvalue weighted by atomic mass is 10.1. The molecule has 0 aromatic heterocycles. The predicted molar refractivity (Wildman–Crippen MR) is 75.8 cm³/mol. The van der Waals surface area contributed by atoms with Gasteiger partial charge in [0.2, 0.25) is 0 Å². The van der Waals surface area contributed by atoms with Gasteiger partial charge in [-0.05, 0) is 25.8 Å². The SMILES string of the molecule is C=NCC1CNc2ccc(NNCC)c(C)c2O1. The van der Waals surface area contributed by atoms with Crippen molar-refractivity contribution in [2.75, 3.05) is 30.4 Å². The van der Waals surface area contributed by atoms with E-state index < -0.39 is 0 Å². The molecule has 0 amide bonds. The first kappa shape index (κ1) is 12.7. The first-order valence-corrected chi connectivity index (χ1v) is 6.21. The summed E-state index contributed by atoms with van der Waals surface area (Å²) in [6, 6.07) is 4.07. The van der Waals surface area contributed by atoms with Crippen LogP contribution in [-0.2, 0) is 0 Å². The normalized spacial score (nSPS) is 17.3. The maximum atomic E-state index is 5.96. The monoisotopic (exact) mass is 248 g/mol. The molecule has 0 radical (unpaired) electrons. The Balaban J connectivity index is 2.21. The van der Waals surface area contributed by atoms with E-state index in [1.54, 1.807) is 0 Å². The number of hydrazine groups is 1. The van der Waals surface area contributed by atoms with Gasteiger partial charge in [0.15, 0.2) is 0 Å². The van der Waals surface area contributed by atoms with Crippen molar-refractivity contribution in [2.24, 2.45) is 4.99 Å². The number of aliphatic imine (C=N–C) groups is 1. The van der Waals surface area contributed by atoms with Crippen molar-refractivity contribution in [1.29, 1.82) is 0 Å². The Hall–Kier alpha value is -1.75. The van der Waals surface area contributed by atoms with Gasteiger partial charge in [-0.3, -0.25) is 4.99 Å². The molecule has 1 heterocycles. The summed E-state index contributed by atoms with van der Waals surface area (Å²) >= 11 is 0. The van der Waals surface area contributed by atoms with Crippen LogP contribution < -0.4 is 20.9 Å². The van der Waals surface area contributed by atoms with Gasteiger partial charge in [0.25, 0.3) is 0 Å². The zero-order valence-corrected chi connectivity index (χ0v) is 10.9. The fourth-order valence-corrected chi connectivity index (χ4v) is 1.98. The first-order chi connectivity index (χ1) is 8.76. The molecule has 98 valence electrons. The highest BCUT2D eigenvalue weighted by molar-refractivity contribution is 5.70. The number of nitrogens with one attached hydrogen (secondary N) is 3. The number of hydrogen-bond donors (Lipinski definition) is 3. The van der Waals surface area contributed by atoms with Gasteiger partial charge in [-0.2, -0.15) is 0 Å². The first-order valence-electron chi connectivity index (χ1n) is 6.21. The average molecular weight is 248 g/mol. The summed E-state index contributed by atoms with van der Waals surface area (Å²) < 4.78 is 5.96. The molecule has 0 fully saturated rings. The molecule has 1 aromatic rings. The van der Waals surface area contributed by atoms with Crippen LogP contribution in [0.4, 0.5) is 11.4 Å². The number of nitrogens with zero attached hydrogens (tertiary/aromatic N) is 1. The summed E-state index contributed by atoms with van der Waals surface area (Å²) in [6.07, 6.45) is 0.0584. The molecule has 2 rings (SSSR count). The molecular weight excluding hydrogens is 228 g/mol. The summed E-state index contributed by atoms with van der Waals surface area (Å²) in [5.74, 6) is 0.901. The number of anilines is 2. The van der Waals surface area contributed by atoms with E-state index in [1.165, 1.54) is 0 Å². The van der Waals surface area contributed by atoms with Gasteiger partial charge in [-0.1, -0.05) is 6.92 Å². The van der Waals surface area contributed by atoms with Crippen LogP contribution in [0.15, 0.2) is 17.1 Å². The Morgan fingerprint density at radius 2 is 2.39 bits per heavy atom. The van der Waals surface area contributed by atoms with Gasteiger partial charge in [0, 0.05) is 12.1 Å². The molecule has 3 N–H and O–H groups in total. The molecule has 0 saturated carbocycles. The van der Waals surface area contributed by atoms with Gasteiger partial charge in [0.1, 0.15) is 11.9 Å². The molecule has 0 bridgehead atoms. The van der Waals surface area contributed by atoms with Crippen molar-refractivity contribution in [2.45, 2.75) is 20.0 Å². The minimum atomic E-state index is 0.0584.